The number of aliphatic hydroxyl groups excluding tert-OH is 1. The van der Waals surface area contributed by atoms with Crippen molar-refractivity contribution in [3.63, 3.8) is 0 Å². The lowest BCUT2D eigenvalue weighted by atomic mass is 9.97. The molecular weight excluding hydrogens is 229 g/mol. The minimum absolute atomic E-state index is 0.228. The van der Waals surface area contributed by atoms with Gasteiger partial charge in [0, 0.05) is 17.8 Å². The van der Waals surface area contributed by atoms with E-state index in [-0.39, 0.29) is 5.82 Å². The molecule has 0 saturated carbocycles. The number of aliphatic hydroxyl groups is 1. The number of benzene rings is 1. The topological polar surface area (TPSA) is 23.5 Å². The summed E-state index contributed by atoms with van der Waals surface area (Å²) >= 11 is 0. The van der Waals surface area contributed by atoms with Gasteiger partial charge < -0.3 is 10.0 Å². The van der Waals surface area contributed by atoms with E-state index in [0.717, 1.165) is 24.1 Å². The van der Waals surface area contributed by atoms with E-state index in [2.05, 4.69) is 0 Å². The van der Waals surface area contributed by atoms with E-state index in [1.165, 1.54) is 6.07 Å². The fourth-order valence-electron chi connectivity index (χ4n) is 2.48. The maximum absolute atomic E-state index is 13.9. The van der Waals surface area contributed by atoms with Gasteiger partial charge in [0.05, 0.1) is 5.69 Å². The molecule has 0 aromatic heterocycles. The van der Waals surface area contributed by atoms with Gasteiger partial charge in [-0.2, -0.15) is 0 Å². The molecular formula is C15H14FNO. The van der Waals surface area contributed by atoms with Gasteiger partial charge in [-0.25, -0.2) is 4.39 Å². The van der Waals surface area contributed by atoms with Crippen molar-refractivity contribution in [3.05, 3.63) is 65.3 Å². The first kappa shape index (κ1) is 11.1. The van der Waals surface area contributed by atoms with Crippen molar-refractivity contribution in [1.29, 1.82) is 0 Å². The number of para-hydroxylation sites is 1. The summed E-state index contributed by atoms with van der Waals surface area (Å²) in [5.41, 5.74) is 2.39. The predicted molar refractivity (Wildman–Crippen MR) is 69.9 cm³/mol. The lowest BCUT2D eigenvalue weighted by Gasteiger charge is -2.33. The molecule has 1 aromatic rings. The van der Waals surface area contributed by atoms with E-state index in [4.69, 9.17) is 0 Å². The number of hydrogen-bond acceptors (Lipinski definition) is 2. The van der Waals surface area contributed by atoms with E-state index < -0.39 is 0 Å². The van der Waals surface area contributed by atoms with Crippen LogP contribution in [0.3, 0.4) is 0 Å². The third kappa shape index (κ3) is 1.72. The minimum Gasteiger partial charge on any atom is -0.508 e. The molecule has 3 heteroatoms. The van der Waals surface area contributed by atoms with Crippen LogP contribution in [0.15, 0.2) is 59.5 Å². The zero-order valence-corrected chi connectivity index (χ0v) is 9.94. The van der Waals surface area contributed by atoms with E-state index in [1.807, 2.05) is 23.1 Å². The molecule has 1 aromatic carbocycles. The standard InChI is InChI=1S/C15H14FNO/c16-12-6-2-4-8-14(12)17-10-9-15(18)11-5-1-3-7-13(11)17/h1-2,4-6,8-9,18H,3,7,10H2. The molecule has 0 bridgehead atoms. The Labute approximate surface area is 105 Å². The first-order chi connectivity index (χ1) is 8.77. The quantitative estimate of drug-likeness (QED) is 0.813. The molecule has 1 heterocycles. The molecule has 18 heavy (non-hydrogen) atoms. The number of allylic oxidation sites excluding steroid dienone is 3. The van der Waals surface area contributed by atoms with Gasteiger partial charge in [0.15, 0.2) is 0 Å². The summed E-state index contributed by atoms with van der Waals surface area (Å²) < 4.78 is 13.9. The zero-order chi connectivity index (χ0) is 12.5. The van der Waals surface area contributed by atoms with Crippen LogP contribution >= 0.6 is 0 Å². The summed E-state index contributed by atoms with van der Waals surface area (Å²) in [4.78, 5) is 1.94. The number of rotatable bonds is 1. The fourth-order valence-corrected chi connectivity index (χ4v) is 2.48. The van der Waals surface area contributed by atoms with Gasteiger partial charge in [0.2, 0.25) is 0 Å². The second kappa shape index (κ2) is 4.33. The summed E-state index contributed by atoms with van der Waals surface area (Å²) in [5.74, 6) is 0.0715. The molecule has 2 nitrogen and oxygen atoms in total. The van der Waals surface area contributed by atoms with E-state index >= 15 is 0 Å². The summed E-state index contributed by atoms with van der Waals surface area (Å²) in [6.45, 7) is 0.513. The third-order valence-corrected chi connectivity index (χ3v) is 3.36. The molecule has 0 unspecified atom stereocenters. The van der Waals surface area contributed by atoms with E-state index in [1.54, 1.807) is 18.2 Å². The highest BCUT2D eigenvalue weighted by molar-refractivity contribution is 5.60. The number of halogens is 1. The molecule has 0 atom stereocenters. The maximum Gasteiger partial charge on any atom is 0.146 e. The zero-order valence-electron chi connectivity index (χ0n) is 9.94. The van der Waals surface area contributed by atoms with Crippen LogP contribution in [0.2, 0.25) is 0 Å². The Balaban J connectivity index is 2.07. The smallest absolute Gasteiger partial charge is 0.146 e. The summed E-state index contributed by atoms with van der Waals surface area (Å²) in [6, 6.07) is 6.75. The second-order valence-electron chi connectivity index (χ2n) is 4.45. The van der Waals surface area contributed by atoms with Crippen LogP contribution in [0.1, 0.15) is 12.8 Å². The van der Waals surface area contributed by atoms with E-state index in [0.29, 0.717) is 18.0 Å². The Kier molecular flexibility index (Phi) is 2.67. The van der Waals surface area contributed by atoms with Crippen molar-refractivity contribution in [3.8, 4) is 0 Å². The largest absolute Gasteiger partial charge is 0.508 e. The Hall–Kier alpha value is -2.03. The summed E-state index contributed by atoms with van der Waals surface area (Å²) in [7, 11) is 0. The Morgan fingerprint density at radius 1 is 1.22 bits per heavy atom. The average molecular weight is 243 g/mol. The van der Waals surface area contributed by atoms with Crippen LogP contribution in [0, 0.1) is 5.82 Å². The highest BCUT2D eigenvalue weighted by Crippen LogP contribution is 2.34. The van der Waals surface area contributed by atoms with Gasteiger partial charge in [0.1, 0.15) is 11.6 Å². The van der Waals surface area contributed by atoms with Gasteiger partial charge in [-0.1, -0.05) is 24.3 Å². The van der Waals surface area contributed by atoms with Crippen LogP contribution in [-0.2, 0) is 0 Å². The molecule has 0 amide bonds. The highest BCUT2D eigenvalue weighted by atomic mass is 19.1. The van der Waals surface area contributed by atoms with Crippen LogP contribution in [-0.4, -0.2) is 11.7 Å². The molecule has 0 spiro atoms. The van der Waals surface area contributed by atoms with Gasteiger partial charge in [-0.15, -0.1) is 0 Å². The number of hydrogen-bond donors (Lipinski definition) is 1. The third-order valence-electron chi connectivity index (χ3n) is 3.36. The summed E-state index contributed by atoms with van der Waals surface area (Å²) in [6.07, 6.45) is 7.43. The van der Waals surface area contributed by atoms with E-state index in [9.17, 15) is 9.50 Å². The second-order valence-corrected chi connectivity index (χ2v) is 4.45. The van der Waals surface area contributed by atoms with Gasteiger partial charge in [-0.3, -0.25) is 0 Å². The first-order valence-electron chi connectivity index (χ1n) is 6.08. The normalized spacial score (nSPS) is 18.7. The van der Waals surface area contributed by atoms with Crippen molar-refractivity contribution in [2.45, 2.75) is 12.8 Å². The van der Waals surface area contributed by atoms with Gasteiger partial charge in [0.25, 0.3) is 0 Å². The van der Waals surface area contributed by atoms with Crippen LogP contribution in [0.4, 0.5) is 10.1 Å². The van der Waals surface area contributed by atoms with Crippen LogP contribution < -0.4 is 4.90 Å². The molecule has 0 fully saturated rings. The summed E-state index contributed by atoms with van der Waals surface area (Å²) in [5, 5.41) is 9.87. The molecule has 2 aliphatic rings. The van der Waals surface area contributed by atoms with Crippen molar-refractivity contribution in [1.82, 2.24) is 0 Å². The Bertz CT molecular complexity index is 572. The van der Waals surface area contributed by atoms with Crippen LogP contribution in [0.5, 0.6) is 0 Å². The number of nitrogens with zero attached hydrogens (tertiary/aromatic N) is 1. The lowest BCUT2D eigenvalue weighted by Crippen LogP contribution is -2.29. The fraction of sp³-hybridized carbons (Fsp3) is 0.200. The molecule has 3 rings (SSSR count). The van der Waals surface area contributed by atoms with Crippen molar-refractivity contribution < 1.29 is 9.50 Å². The molecule has 92 valence electrons. The Morgan fingerprint density at radius 3 is 2.89 bits per heavy atom. The monoisotopic (exact) mass is 243 g/mol. The minimum atomic E-state index is -0.228. The SMILES string of the molecule is OC1=CCN(c2ccccc2F)C2=C1C=CCC2. The van der Waals surface area contributed by atoms with Gasteiger partial charge >= 0.3 is 0 Å². The van der Waals surface area contributed by atoms with Gasteiger partial charge in [-0.05, 0) is 31.1 Å². The maximum atomic E-state index is 13.9. The number of anilines is 1. The molecule has 0 radical (unpaired) electrons. The molecule has 1 aliphatic carbocycles. The van der Waals surface area contributed by atoms with Crippen LogP contribution in [0.25, 0.3) is 0 Å². The highest BCUT2D eigenvalue weighted by Gasteiger charge is 2.24. The predicted octanol–water partition coefficient (Wildman–Crippen LogP) is 3.69. The van der Waals surface area contributed by atoms with Crippen molar-refractivity contribution >= 4 is 5.69 Å². The average Bonchev–Trinajstić information content (AvgIpc) is 2.41. The lowest BCUT2D eigenvalue weighted by molar-refractivity contribution is 0.418. The molecule has 1 N–H and O–H groups in total. The first-order valence-corrected chi connectivity index (χ1v) is 6.08. The van der Waals surface area contributed by atoms with Crippen molar-refractivity contribution in [2.75, 3.05) is 11.4 Å². The molecule has 0 saturated heterocycles. The Morgan fingerprint density at radius 2 is 2.06 bits per heavy atom. The van der Waals surface area contributed by atoms with Crippen molar-refractivity contribution in [2.24, 2.45) is 0 Å². The molecule has 1 aliphatic heterocycles.